The number of benzene rings is 3. The Kier molecular flexibility index (Phi) is 6.80. The highest BCUT2D eigenvalue weighted by Crippen LogP contribution is 2.56. The molecule has 1 unspecified atom stereocenters. The van der Waals surface area contributed by atoms with E-state index < -0.39 is 8.30 Å². The van der Waals surface area contributed by atoms with Gasteiger partial charge in [-0.05, 0) is 97.8 Å². The Morgan fingerprint density at radius 3 is 2.24 bits per heavy atom. The Hall–Kier alpha value is -2.41. The van der Waals surface area contributed by atoms with E-state index in [1.165, 1.54) is 66.9 Å². The SMILES string of the molecule is C/C=C\c1c(C)ccc2c1-c1c(C)c(-c3ccc(C)cc3)c(CC)c(C)c1N(P(C)OC)C2. The molecule has 1 aliphatic rings. The molecule has 1 atom stereocenters. The molecule has 4 rings (SSSR count). The third-order valence-corrected chi connectivity index (χ3v) is 8.66. The maximum Gasteiger partial charge on any atom is 0.129 e. The van der Waals surface area contributed by atoms with Gasteiger partial charge in [0.25, 0.3) is 0 Å². The molecular formula is C30H36NOP. The van der Waals surface area contributed by atoms with E-state index in [1.54, 1.807) is 0 Å². The summed E-state index contributed by atoms with van der Waals surface area (Å²) < 4.78 is 8.45. The first-order valence-electron chi connectivity index (χ1n) is 11.9. The van der Waals surface area contributed by atoms with E-state index in [0.29, 0.717) is 0 Å². The molecule has 0 bridgehead atoms. The van der Waals surface area contributed by atoms with Crippen molar-refractivity contribution < 1.29 is 4.52 Å². The molecule has 0 radical (unpaired) electrons. The number of aryl methyl sites for hydroxylation is 2. The van der Waals surface area contributed by atoms with Gasteiger partial charge < -0.3 is 9.19 Å². The molecule has 0 amide bonds. The van der Waals surface area contributed by atoms with Gasteiger partial charge in [0, 0.05) is 19.2 Å². The van der Waals surface area contributed by atoms with Crippen LogP contribution in [-0.2, 0) is 17.5 Å². The molecule has 0 spiro atoms. The lowest BCUT2D eigenvalue weighted by Gasteiger charge is -2.40. The van der Waals surface area contributed by atoms with Crippen LogP contribution in [0.3, 0.4) is 0 Å². The lowest BCUT2D eigenvalue weighted by molar-refractivity contribution is 0.461. The fraction of sp³-hybridized carbons (Fsp3) is 0.333. The predicted octanol–water partition coefficient (Wildman–Crippen LogP) is 8.76. The summed E-state index contributed by atoms with van der Waals surface area (Å²) in [5, 5.41) is 0. The summed E-state index contributed by atoms with van der Waals surface area (Å²) in [6.45, 7) is 16.5. The van der Waals surface area contributed by atoms with Gasteiger partial charge in [0.05, 0.1) is 5.69 Å². The molecule has 0 saturated carbocycles. The minimum Gasteiger partial charge on any atom is -0.342 e. The van der Waals surface area contributed by atoms with Crippen LogP contribution in [0.15, 0.2) is 42.5 Å². The van der Waals surface area contributed by atoms with E-state index in [0.717, 1.165) is 13.0 Å². The Bertz CT molecular complexity index is 1220. The molecule has 0 aliphatic carbocycles. The monoisotopic (exact) mass is 457 g/mol. The number of fused-ring (bicyclic) bond motifs is 3. The number of hydrogen-bond acceptors (Lipinski definition) is 2. The van der Waals surface area contributed by atoms with E-state index in [-0.39, 0.29) is 0 Å². The second-order valence-corrected chi connectivity index (χ2v) is 10.9. The molecule has 33 heavy (non-hydrogen) atoms. The van der Waals surface area contributed by atoms with Crippen molar-refractivity contribution in [2.24, 2.45) is 0 Å². The summed E-state index contributed by atoms with van der Waals surface area (Å²) >= 11 is 0. The van der Waals surface area contributed by atoms with Gasteiger partial charge in [0.1, 0.15) is 8.30 Å². The minimum absolute atomic E-state index is 0.732. The molecule has 2 nitrogen and oxygen atoms in total. The van der Waals surface area contributed by atoms with Crippen LogP contribution >= 0.6 is 8.30 Å². The zero-order chi connectivity index (χ0) is 23.9. The van der Waals surface area contributed by atoms with Gasteiger partial charge in [0.15, 0.2) is 0 Å². The van der Waals surface area contributed by atoms with Gasteiger partial charge in [0.2, 0.25) is 0 Å². The molecule has 3 aromatic carbocycles. The number of hydrogen-bond donors (Lipinski definition) is 0. The highest BCUT2D eigenvalue weighted by molar-refractivity contribution is 7.53. The average molecular weight is 458 g/mol. The fourth-order valence-electron chi connectivity index (χ4n) is 5.38. The lowest BCUT2D eigenvalue weighted by atomic mass is 9.79. The molecular weight excluding hydrogens is 421 g/mol. The highest BCUT2D eigenvalue weighted by Gasteiger charge is 2.33. The second kappa shape index (κ2) is 9.45. The highest BCUT2D eigenvalue weighted by atomic mass is 31.2. The maximum atomic E-state index is 5.94. The van der Waals surface area contributed by atoms with Crippen molar-refractivity contribution in [2.75, 3.05) is 18.4 Å². The smallest absolute Gasteiger partial charge is 0.129 e. The van der Waals surface area contributed by atoms with E-state index in [2.05, 4.69) is 101 Å². The Morgan fingerprint density at radius 2 is 1.64 bits per heavy atom. The average Bonchev–Trinajstić information content (AvgIpc) is 2.82. The van der Waals surface area contributed by atoms with Crippen molar-refractivity contribution in [1.82, 2.24) is 0 Å². The number of rotatable bonds is 5. The number of allylic oxidation sites excluding steroid dienone is 1. The third-order valence-electron chi connectivity index (χ3n) is 7.11. The molecule has 3 aromatic rings. The molecule has 1 heterocycles. The van der Waals surface area contributed by atoms with Crippen LogP contribution in [0, 0.1) is 27.7 Å². The first-order valence-corrected chi connectivity index (χ1v) is 13.5. The van der Waals surface area contributed by atoms with Crippen molar-refractivity contribution in [3.05, 3.63) is 81.4 Å². The van der Waals surface area contributed by atoms with E-state index >= 15 is 0 Å². The van der Waals surface area contributed by atoms with Crippen LogP contribution in [0.4, 0.5) is 5.69 Å². The maximum absolute atomic E-state index is 5.94. The normalized spacial score (nSPS) is 13.9. The zero-order valence-corrected chi connectivity index (χ0v) is 22.2. The molecule has 0 saturated heterocycles. The number of anilines is 1. The van der Waals surface area contributed by atoms with Gasteiger partial charge in [-0.2, -0.15) is 0 Å². The van der Waals surface area contributed by atoms with Crippen LogP contribution < -0.4 is 4.67 Å². The van der Waals surface area contributed by atoms with Crippen LogP contribution in [0.5, 0.6) is 0 Å². The first kappa shape index (κ1) is 23.7. The van der Waals surface area contributed by atoms with Crippen molar-refractivity contribution >= 4 is 20.1 Å². The fourth-order valence-corrected chi connectivity index (χ4v) is 6.47. The molecule has 0 N–H and O–H groups in total. The number of nitrogens with zero attached hydrogens (tertiary/aromatic N) is 1. The van der Waals surface area contributed by atoms with Crippen molar-refractivity contribution in [1.29, 1.82) is 0 Å². The van der Waals surface area contributed by atoms with Gasteiger partial charge in [-0.1, -0.05) is 61.0 Å². The Morgan fingerprint density at radius 1 is 0.939 bits per heavy atom. The molecule has 0 aromatic heterocycles. The second-order valence-electron chi connectivity index (χ2n) is 9.08. The summed E-state index contributed by atoms with van der Waals surface area (Å²) in [6, 6.07) is 13.6. The van der Waals surface area contributed by atoms with Crippen LogP contribution in [-0.4, -0.2) is 13.8 Å². The van der Waals surface area contributed by atoms with Crippen LogP contribution in [0.1, 0.15) is 52.8 Å². The molecule has 1 aliphatic heterocycles. The van der Waals surface area contributed by atoms with Gasteiger partial charge in [-0.25, -0.2) is 0 Å². The van der Waals surface area contributed by atoms with Gasteiger partial charge in [-0.3, -0.25) is 0 Å². The van der Waals surface area contributed by atoms with Gasteiger partial charge in [-0.15, -0.1) is 0 Å². The van der Waals surface area contributed by atoms with Crippen molar-refractivity contribution in [2.45, 2.75) is 54.5 Å². The summed E-state index contributed by atoms with van der Waals surface area (Å²) in [6.07, 6.45) is 5.46. The topological polar surface area (TPSA) is 12.5 Å². The summed E-state index contributed by atoms with van der Waals surface area (Å²) in [4.78, 5) is 0. The van der Waals surface area contributed by atoms with E-state index in [1.807, 2.05) is 7.11 Å². The summed E-state index contributed by atoms with van der Waals surface area (Å²) in [5.41, 5.74) is 16.4. The first-order chi connectivity index (χ1) is 15.8. The minimum atomic E-state index is -0.732. The third kappa shape index (κ3) is 3.94. The summed E-state index contributed by atoms with van der Waals surface area (Å²) in [7, 11) is 1.11. The van der Waals surface area contributed by atoms with Crippen LogP contribution in [0.2, 0.25) is 0 Å². The molecule has 172 valence electrons. The van der Waals surface area contributed by atoms with Gasteiger partial charge >= 0.3 is 0 Å². The zero-order valence-electron chi connectivity index (χ0n) is 21.3. The largest absolute Gasteiger partial charge is 0.342 e. The molecule has 0 fully saturated rings. The Balaban J connectivity index is 2.17. The van der Waals surface area contributed by atoms with E-state index in [9.17, 15) is 0 Å². The lowest BCUT2D eigenvalue weighted by Crippen LogP contribution is -2.25. The summed E-state index contributed by atoms with van der Waals surface area (Å²) in [5.74, 6) is 0. The standard InChI is InChI=1S/C30H36NOP/c1-9-11-26-20(4)14-17-24-18-31(33(8)32-7)30-21(5)25(10-2)27(22(6)28(30)29(24)26)23-15-12-19(3)13-16-23/h9,11-17H,10,18H2,1-8H3/b11-9-. The predicted molar refractivity (Wildman–Crippen MR) is 146 cm³/mol. The quantitative estimate of drug-likeness (QED) is 0.355. The molecule has 3 heteroatoms. The Labute approximate surface area is 201 Å². The van der Waals surface area contributed by atoms with E-state index in [4.69, 9.17) is 4.52 Å². The van der Waals surface area contributed by atoms with Crippen molar-refractivity contribution in [3.63, 3.8) is 0 Å². The van der Waals surface area contributed by atoms with Crippen LogP contribution in [0.25, 0.3) is 28.3 Å². The van der Waals surface area contributed by atoms with Crippen molar-refractivity contribution in [3.8, 4) is 22.3 Å².